The van der Waals surface area contributed by atoms with Crippen LogP contribution in [0.2, 0.25) is 5.02 Å². The summed E-state index contributed by atoms with van der Waals surface area (Å²) in [7, 11) is 0. The van der Waals surface area contributed by atoms with E-state index in [1.165, 1.54) is 0 Å². The maximum atomic E-state index is 11.6. The number of hydrogen-bond donors (Lipinski definition) is 1. The van der Waals surface area contributed by atoms with Crippen LogP contribution in [-0.4, -0.2) is 21.7 Å². The summed E-state index contributed by atoms with van der Waals surface area (Å²) in [4.78, 5) is 11.6. The lowest BCUT2D eigenvalue weighted by molar-refractivity contribution is -0.125. The number of hydrogen-bond acceptors (Lipinski definition) is 2. The van der Waals surface area contributed by atoms with Crippen LogP contribution in [0.3, 0.4) is 0 Å². The molecule has 1 amide bonds. The predicted molar refractivity (Wildman–Crippen MR) is 57.6 cm³/mol. The summed E-state index contributed by atoms with van der Waals surface area (Å²) in [6.07, 6.45) is 5.54. The third-order valence-electron chi connectivity index (χ3n) is 2.43. The van der Waals surface area contributed by atoms with Gasteiger partial charge in [-0.15, -0.1) is 0 Å². The van der Waals surface area contributed by atoms with Crippen molar-refractivity contribution in [3.05, 3.63) is 17.4 Å². The van der Waals surface area contributed by atoms with Crippen molar-refractivity contribution in [1.29, 1.82) is 0 Å². The third-order valence-corrected chi connectivity index (χ3v) is 2.63. The first kappa shape index (κ1) is 10.5. The topological polar surface area (TPSA) is 46.9 Å². The first-order chi connectivity index (χ1) is 7.15. The monoisotopic (exact) mass is 227 g/mol. The van der Waals surface area contributed by atoms with E-state index < -0.39 is 0 Å². The molecule has 0 spiro atoms. The van der Waals surface area contributed by atoms with Crippen molar-refractivity contribution in [1.82, 2.24) is 15.1 Å². The van der Waals surface area contributed by atoms with Gasteiger partial charge in [0.15, 0.2) is 0 Å². The number of halogens is 1. The fraction of sp³-hybridized carbons (Fsp3) is 0.600. The standard InChI is InChI=1S/C10H14ClN3O/c1-7(10(15)13-9-2-3-9)5-14-6-8(11)4-12-14/h4,6-7,9H,2-3,5H2,1H3,(H,13,15). The van der Waals surface area contributed by atoms with Gasteiger partial charge in [0.05, 0.1) is 23.7 Å². The highest BCUT2D eigenvalue weighted by molar-refractivity contribution is 6.30. The number of amides is 1. The molecule has 1 atom stereocenters. The smallest absolute Gasteiger partial charge is 0.224 e. The molecule has 1 aliphatic rings. The molecule has 5 heteroatoms. The lowest BCUT2D eigenvalue weighted by atomic mass is 10.1. The zero-order valence-electron chi connectivity index (χ0n) is 8.61. The maximum Gasteiger partial charge on any atom is 0.224 e. The molecule has 1 aromatic heterocycles. The van der Waals surface area contributed by atoms with Crippen LogP contribution in [0.1, 0.15) is 19.8 Å². The van der Waals surface area contributed by atoms with E-state index in [0.29, 0.717) is 17.6 Å². The van der Waals surface area contributed by atoms with Crippen LogP contribution < -0.4 is 5.32 Å². The summed E-state index contributed by atoms with van der Waals surface area (Å²) in [6, 6.07) is 0.418. The Morgan fingerprint density at radius 3 is 3.07 bits per heavy atom. The van der Waals surface area contributed by atoms with E-state index in [1.807, 2.05) is 6.92 Å². The van der Waals surface area contributed by atoms with Gasteiger partial charge in [0.2, 0.25) is 5.91 Å². The van der Waals surface area contributed by atoms with E-state index in [9.17, 15) is 4.79 Å². The van der Waals surface area contributed by atoms with E-state index >= 15 is 0 Å². The SMILES string of the molecule is CC(Cn1cc(Cl)cn1)C(=O)NC1CC1. The number of rotatable bonds is 4. The number of carbonyl (C=O) groups excluding carboxylic acids is 1. The van der Waals surface area contributed by atoms with Gasteiger partial charge in [0.25, 0.3) is 0 Å². The molecule has 1 N–H and O–H groups in total. The van der Waals surface area contributed by atoms with E-state index in [1.54, 1.807) is 17.1 Å². The highest BCUT2D eigenvalue weighted by Gasteiger charge is 2.25. The first-order valence-corrected chi connectivity index (χ1v) is 5.51. The van der Waals surface area contributed by atoms with E-state index in [0.717, 1.165) is 12.8 Å². The maximum absolute atomic E-state index is 11.6. The second-order valence-electron chi connectivity index (χ2n) is 4.06. The molecule has 4 nitrogen and oxygen atoms in total. The summed E-state index contributed by atoms with van der Waals surface area (Å²) in [5.41, 5.74) is 0. The van der Waals surface area contributed by atoms with Gasteiger partial charge in [-0.1, -0.05) is 18.5 Å². The molecule has 0 bridgehead atoms. The molecule has 0 aliphatic heterocycles. The quantitative estimate of drug-likeness (QED) is 0.847. The Balaban J connectivity index is 1.84. The Labute approximate surface area is 93.6 Å². The summed E-state index contributed by atoms with van der Waals surface area (Å²) < 4.78 is 1.69. The Bertz CT molecular complexity index is 359. The molecule has 1 saturated carbocycles. The molecule has 15 heavy (non-hydrogen) atoms. The average molecular weight is 228 g/mol. The van der Waals surface area contributed by atoms with Crippen LogP contribution in [0, 0.1) is 5.92 Å². The van der Waals surface area contributed by atoms with Crippen molar-refractivity contribution in [3.8, 4) is 0 Å². The second kappa shape index (κ2) is 4.23. The Kier molecular flexibility index (Phi) is 2.95. The Hall–Kier alpha value is -1.03. The Morgan fingerprint density at radius 2 is 2.53 bits per heavy atom. The van der Waals surface area contributed by atoms with Crippen molar-refractivity contribution >= 4 is 17.5 Å². The van der Waals surface area contributed by atoms with Gasteiger partial charge in [0, 0.05) is 12.2 Å². The van der Waals surface area contributed by atoms with Crippen LogP contribution >= 0.6 is 11.6 Å². The zero-order chi connectivity index (χ0) is 10.8. The summed E-state index contributed by atoms with van der Waals surface area (Å²) in [5, 5.41) is 7.61. The van der Waals surface area contributed by atoms with E-state index in [-0.39, 0.29) is 11.8 Å². The minimum Gasteiger partial charge on any atom is -0.353 e. The van der Waals surface area contributed by atoms with Gasteiger partial charge in [-0.05, 0) is 12.8 Å². The normalized spacial score (nSPS) is 17.5. The summed E-state index contributed by atoms with van der Waals surface area (Å²) in [5.74, 6) is 0.0330. The van der Waals surface area contributed by atoms with Gasteiger partial charge in [-0.2, -0.15) is 5.10 Å². The van der Waals surface area contributed by atoms with E-state index in [2.05, 4.69) is 10.4 Å². The van der Waals surface area contributed by atoms with Gasteiger partial charge >= 0.3 is 0 Å². The average Bonchev–Trinajstić information content (AvgIpc) is 2.90. The van der Waals surface area contributed by atoms with Crippen molar-refractivity contribution in [2.24, 2.45) is 5.92 Å². The third kappa shape index (κ3) is 2.96. The molecule has 1 heterocycles. The van der Waals surface area contributed by atoms with Gasteiger partial charge in [-0.25, -0.2) is 0 Å². The van der Waals surface area contributed by atoms with Crippen LogP contribution in [0.4, 0.5) is 0 Å². The Morgan fingerprint density at radius 1 is 1.80 bits per heavy atom. The molecule has 1 aromatic rings. The predicted octanol–water partition coefficient (Wildman–Crippen LogP) is 1.45. The minimum atomic E-state index is -0.0680. The molecule has 1 aliphatic carbocycles. The molecular formula is C10H14ClN3O. The molecule has 1 unspecified atom stereocenters. The van der Waals surface area contributed by atoms with Gasteiger partial charge < -0.3 is 5.32 Å². The highest BCUT2D eigenvalue weighted by atomic mass is 35.5. The minimum absolute atomic E-state index is 0.0680. The second-order valence-corrected chi connectivity index (χ2v) is 4.50. The van der Waals surface area contributed by atoms with Crippen molar-refractivity contribution in [3.63, 3.8) is 0 Å². The van der Waals surface area contributed by atoms with Crippen molar-refractivity contribution in [2.75, 3.05) is 0 Å². The molecule has 82 valence electrons. The van der Waals surface area contributed by atoms with Crippen LogP contribution in [0.5, 0.6) is 0 Å². The van der Waals surface area contributed by atoms with Crippen LogP contribution in [0.25, 0.3) is 0 Å². The number of aromatic nitrogens is 2. The van der Waals surface area contributed by atoms with Crippen molar-refractivity contribution in [2.45, 2.75) is 32.4 Å². The highest BCUT2D eigenvalue weighted by Crippen LogP contribution is 2.19. The zero-order valence-corrected chi connectivity index (χ0v) is 9.37. The summed E-state index contributed by atoms with van der Waals surface area (Å²) in [6.45, 7) is 2.47. The fourth-order valence-corrected chi connectivity index (χ4v) is 1.53. The first-order valence-electron chi connectivity index (χ1n) is 5.13. The van der Waals surface area contributed by atoms with E-state index in [4.69, 9.17) is 11.6 Å². The number of nitrogens with zero attached hydrogens (tertiary/aromatic N) is 2. The van der Waals surface area contributed by atoms with Gasteiger partial charge in [-0.3, -0.25) is 9.48 Å². The van der Waals surface area contributed by atoms with Crippen LogP contribution in [-0.2, 0) is 11.3 Å². The fourth-order valence-electron chi connectivity index (χ4n) is 1.37. The number of carbonyl (C=O) groups is 1. The lowest BCUT2D eigenvalue weighted by Gasteiger charge is -2.11. The molecule has 0 saturated heterocycles. The molecular weight excluding hydrogens is 214 g/mol. The molecule has 0 aromatic carbocycles. The number of nitrogens with one attached hydrogen (secondary N) is 1. The lowest BCUT2D eigenvalue weighted by Crippen LogP contribution is -2.33. The van der Waals surface area contributed by atoms with Crippen molar-refractivity contribution < 1.29 is 4.79 Å². The molecule has 0 radical (unpaired) electrons. The molecule has 1 fully saturated rings. The largest absolute Gasteiger partial charge is 0.353 e. The van der Waals surface area contributed by atoms with Crippen LogP contribution in [0.15, 0.2) is 12.4 Å². The summed E-state index contributed by atoms with van der Waals surface area (Å²) >= 11 is 5.73. The van der Waals surface area contributed by atoms with Gasteiger partial charge in [0.1, 0.15) is 0 Å². The molecule has 2 rings (SSSR count).